The predicted molar refractivity (Wildman–Crippen MR) is 76.0 cm³/mol. The number of hydrogen-bond donors (Lipinski definition) is 9. The lowest BCUT2D eigenvalue weighted by Crippen LogP contribution is -2.61. The highest BCUT2D eigenvalue weighted by Gasteiger charge is 2.47. The predicted octanol–water partition coefficient (Wildman–Crippen LogP) is -5.28. The molecule has 9 atom stereocenters. The minimum atomic E-state index is -2.38. The molecular formula is C13H24O12. The van der Waals surface area contributed by atoms with Gasteiger partial charge in [0.1, 0.15) is 36.6 Å². The van der Waals surface area contributed by atoms with E-state index in [-0.39, 0.29) is 6.42 Å². The van der Waals surface area contributed by atoms with Gasteiger partial charge in [-0.1, -0.05) is 0 Å². The fourth-order valence-electron chi connectivity index (χ4n) is 2.38. The normalized spacial score (nSPS) is 35.0. The summed E-state index contributed by atoms with van der Waals surface area (Å²) in [6.07, 6.45) is -16.6. The molecule has 0 unspecified atom stereocenters. The standard InChI is InChI=1S/C13H24O12/c14-2-1-5-6(17)7(18)10(21)13(24-5)25-11(4(16)3-15)8(19)9(20)12(22)23/h4-11,13-21H,1-3H2,(H,22,23)/t4-,5-,6+,7+,8-,9-,10-,11-,13+/m1/s1. The van der Waals surface area contributed by atoms with Gasteiger partial charge in [0.2, 0.25) is 0 Å². The van der Waals surface area contributed by atoms with Crippen molar-refractivity contribution in [3.63, 3.8) is 0 Å². The SMILES string of the molecule is O=C(O)[C@H](O)[C@@H](O)[C@H](O[C@@H]1O[C@H](CCO)[C@H](O)[C@H](O)[C@H]1O)[C@H](O)CO. The summed E-state index contributed by atoms with van der Waals surface area (Å²) < 4.78 is 10.2. The number of hydrogen-bond acceptors (Lipinski definition) is 11. The van der Waals surface area contributed by atoms with Crippen LogP contribution in [0.3, 0.4) is 0 Å². The molecule has 0 saturated carbocycles. The number of aliphatic hydroxyl groups excluding tert-OH is 8. The van der Waals surface area contributed by atoms with Crippen molar-refractivity contribution < 1.29 is 60.2 Å². The Hall–Kier alpha value is -0.930. The Morgan fingerprint density at radius 2 is 1.64 bits per heavy atom. The second-order valence-corrected chi connectivity index (χ2v) is 5.65. The van der Waals surface area contributed by atoms with Crippen LogP contribution in [0.5, 0.6) is 0 Å². The third-order valence-corrected chi connectivity index (χ3v) is 3.85. The third kappa shape index (κ3) is 5.27. The lowest BCUT2D eigenvalue weighted by Gasteiger charge is -2.42. The fraction of sp³-hybridized carbons (Fsp3) is 0.923. The first-order chi connectivity index (χ1) is 11.6. The molecule has 1 heterocycles. The van der Waals surface area contributed by atoms with Gasteiger partial charge in [-0.25, -0.2) is 4.79 Å². The van der Waals surface area contributed by atoms with Gasteiger partial charge < -0.3 is 55.4 Å². The molecule has 0 aromatic rings. The van der Waals surface area contributed by atoms with Gasteiger partial charge in [-0.05, 0) is 6.42 Å². The van der Waals surface area contributed by atoms with Gasteiger partial charge in [0.25, 0.3) is 0 Å². The molecule has 1 aliphatic rings. The van der Waals surface area contributed by atoms with Crippen LogP contribution in [-0.4, -0.2) is 120 Å². The molecule has 9 N–H and O–H groups in total. The minimum Gasteiger partial charge on any atom is -0.479 e. The number of carbonyl (C=O) groups is 1. The molecule has 1 saturated heterocycles. The average Bonchev–Trinajstić information content (AvgIpc) is 2.59. The second kappa shape index (κ2) is 9.68. The Balaban J connectivity index is 2.95. The maximum Gasteiger partial charge on any atom is 0.335 e. The molecule has 1 fully saturated rings. The molecule has 0 amide bonds. The van der Waals surface area contributed by atoms with E-state index in [0.29, 0.717) is 0 Å². The van der Waals surface area contributed by atoms with Crippen LogP contribution in [-0.2, 0) is 14.3 Å². The van der Waals surface area contributed by atoms with E-state index in [2.05, 4.69) is 0 Å². The summed E-state index contributed by atoms with van der Waals surface area (Å²) in [6.45, 7) is -1.41. The van der Waals surface area contributed by atoms with Gasteiger partial charge in [0.15, 0.2) is 12.4 Å². The highest BCUT2D eigenvalue weighted by molar-refractivity contribution is 5.72. The summed E-state index contributed by atoms with van der Waals surface area (Å²) in [6, 6.07) is 0. The van der Waals surface area contributed by atoms with Crippen molar-refractivity contribution in [3.05, 3.63) is 0 Å². The molecule has 148 valence electrons. The Morgan fingerprint density at radius 3 is 2.12 bits per heavy atom. The Labute approximate surface area is 142 Å². The van der Waals surface area contributed by atoms with E-state index in [1.54, 1.807) is 0 Å². The lowest BCUT2D eigenvalue weighted by molar-refractivity contribution is -0.324. The fourth-order valence-corrected chi connectivity index (χ4v) is 2.38. The number of rotatable bonds is 9. The van der Waals surface area contributed by atoms with Crippen molar-refractivity contribution >= 4 is 5.97 Å². The number of aliphatic hydroxyl groups is 8. The topological polar surface area (TPSA) is 218 Å². The van der Waals surface area contributed by atoms with Crippen molar-refractivity contribution in [2.24, 2.45) is 0 Å². The van der Waals surface area contributed by atoms with Crippen LogP contribution in [0.1, 0.15) is 6.42 Å². The first-order valence-corrected chi connectivity index (χ1v) is 7.49. The first-order valence-electron chi connectivity index (χ1n) is 7.49. The summed E-state index contributed by atoms with van der Waals surface area (Å²) in [5, 5.41) is 85.0. The lowest BCUT2D eigenvalue weighted by atomic mass is 9.96. The molecule has 0 spiro atoms. The third-order valence-electron chi connectivity index (χ3n) is 3.85. The maximum atomic E-state index is 10.8. The van der Waals surface area contributed by atoms with Crippen LogP contribution in [0.25, 0.3) is 0 Å². The van der Waals surface area contributed by atoms with Gasteiger partial charge in [-0.15, -0.1) is 0 Å². The van der Waals surface area contributed by atoms with Crippen molar-refractivity contribution in [2.45, 2.75) is 61.5 Å². The van der Waals surface area contributed by atoms with Crippen LogP contribution in [0, 0.1) is 0 Å². The molecule has 1 aliphatic heterocycles. The van der Waals surface area contributed by atoms with Gasteiger partial charge in [0.05, 0.1) is 12.7 Å². The van der Waals surface area contributed by atoms with Crippen LogP contribution < -0.4 is 0 Å². The molecule has 0 aliphatic carbocycles. The summed E-state index contributed by atoms with van der Waals surface area (Å²) >= 11 is 0. The molecule has 25 heavy (non-hydrogen) atoms. The van der Waals surface area contributed by atoms with E-state index in [0.717, 1.165) is 0 Å². The van der Waals surface area contributed by atoms with Crippen molar-refractivity contribution in [1.82, 2.24) is 0 Å². The van der Waals surface area contributed by atoms with E-state index >= 15 is 0 Å². The van der Waals surface area contributed by atoms with Gasteiger partial charge in [-0.2, -0.15) is 0 Å². The zero-order valence-corrected chi connectivity index (χ0v) is 13.1. The van der Waals surface area contributed by atoms with Crippen LogP contribution in [0.2, 0.25) is 0 Å². The maximum absolute atomic E-state index is 10.8. The van der Waals surface area contributed by atoms with Crippen molar-refractivity contribution in [3.8, 4) is 0 Å². The highest BCUT2D eigenvalue weighted by atomic mass is 16.7. The largest absolute Gasteiger partial charge is 0.479 e. The molecule has 0 radical (unpaired) electrons. The zero-order chi connectivity index (χ0) is 19.3. The summed E-state index contributed by atoms with van der Waals surface area (Å²) in [5.74, 6) is -1.83. The second-order valence-electron chi connectivity index (χ2n) is 5.65. The quantitative estimate of drug-likeness (QED) is 0.185. The Kier molecular flexibility index (Phi) is 8.56. The van der Waals surface area contributed by atoms with E-state index in [1.807, 2.05) is 0 Å². The Morgan fingerprint density at radius 1 is 1.04 bits per heavy atom. The van der Waals surface area contributed by atoms with Crippen LogP contribution >= 0.6 is 0 Å². The van der Waals surface area contributed by atoms with E-state index in [9.17, 15) is 35.4 Å². The molecule has 12 nitrogen and oxygen atoms in total. The summed E-state index contributed by atoms with van der Waals surface area (Å²) in [5.41, 5.74) is 0. The molecule has 0 aromatic carbocycles. The summed E-state index contributed by atoms with van der Waals surface area (Å²) in [4.78, 5) is 10.8. The summed E-state index contributed by atoms with van der Waals surface area (Å²) in [7, 11) is 0. The molecule has 0 aromatic heterocycles. The van der Waals surface area contributed by atoms with Gasteiger partial charge >= 0.3 is 5.97 Å². The Bertz CT molecular complexity index is 420. The van der Waals surface area contributed by atoms with Crippen LogP contribution in [0.15, 0.2) is 0 Å². The van der Waals surface area contributed by atoms with Gasteiger partial charge in [-0.3, -0.25) is 0 Å². The van der Waals surface area contributed by atoms with E-state index < -0.39 is 74.3 Å². The van der Waals surface area contributed by atoms with Crippen molar-refractivity contribution in [1.29, 1.82) is 0 Å². The number of ether oxygens (including phenoxy) is 2. The number of carboxylic acid groups (broad SMARTS) is 1. The van der Waals surface area contributed by atoms with E-state index in [4.69, 9.17) is 24.8 Å². The molecule has 12 heteroatoms. The smallest absolute Gasteiger partial charge is 0.335 e. The van der Waals surface area contributed by atoms with Crippen molar-refractivity contribution in [2.75, 3.05) is 13.2 Å². The number of carboxylic acids is 1. The van der Waals surface area contributed by atoms with Crippen LogP contribution in [0.4, 0.5) is 0 Å². The number of aliphatic carboxylic acids is 1. The van der Waals surface area contributed by atoms with Gasteiger partial charge in [0, 0.05) is 6.61 Å². The minimum absolute atomic E-state index is 0.141. The molecule has 0 bridgehead atoms. The average molecular weight is 372 g/mol. The first kappa shape index (κ1) is 22.1. The highest BCUT2D eigenvalue weighted by Crippen LogP contribution is 2.26. The van der Waals surface area contributed by atoms with E-state index in [1.165, 1.54) is 0 Å². The molecular weight excluding hydrogens is 348 g/mol. The monoisotopic (exact) mass is 372 g/mol. The molecule has 1 rings (SSSR count). The zero-order valence-electron chi connectivity index (χ0n) is 13.1.